The average molecular weight is 450 g/mol. The fourth-order valence-electron chi connectivity index (χ4n) is 3.02. The van der Waals surface area contributed by atoms with Crippen LogP contribution < -0.4 is 4.74 Å². The van der Waals surface area contributed by atoms with E-state index in [-0.39, 0.29) is 35.5 Å². The molecule has 0 aliphatic heterocycles. The lowest BCUT2D eigenvalue weighted by atomic mass is 10.1. The van der Waals surface area contributed by atoms with Gasteiger partial charge in [0, 0.05) is 17.1 Å². The van der Waals surface area contributed by atoms with Gasteiger partial charge in [0.05, 0.1) is 13.7 Å². The maximum atomic E-state index is 13.4. The fourth-order valence-corrected chi connectivity index (χ4v) is 4.99. The Balaban J connectivity index is 1.95. The number of methoxy groups -OCH3 is 1. The molecule has 0 saturated carbocycles. The molecule has 0 N–H and O–H groups in total. The summed E-state index contributed by atoms with van der Waals surface area (Å²) in [7, 11) is -2.51. The van der Waals surface area contributed by atoms with E-state index < -0.39 is 10.0 Å². The Labute approximate surface area is 181 Å². The second-order valence-corrected chi connectivity index (χ2v) is 9.71. The van der Waals surface area contributed by atoms with Crippen molar-refractivity contribution in [2.24, 2.45) is 5.92 Å². The second-order valence-electron chi connectivity index (χ2n) is 7.37. The molecule has 7 nitrogen and oxygen atoms in total. The van der Waals surface area contributed by atoms with Crippen LogP contribution in [-0.4, -0.2) is 36.5 Å². The van der Waals surface area contributed by atoms with Crippen molar-refractivity contribution in [3.63, 3.8) is 0 Å². The number of nitrogens with zero attached hydrogens (tertiary/aromatic N) is 3. The van der Waals surface area contributed by atoms with Gasteiger partial charge in [0.25, 0.3) is 0 Å². The van der Waals surface area contributed by atoms with Gasteiger partial charge in [-0.25, -0.2) is 8.42 Å². The minimum absolute atomic E-state index is 0.00317. The van der Waals surface area contributed by atoms with Crippen LogP contribution in [0.2, 0.25) is 5.02 Å². The van der Waals surface area contributed by atoms with Crippen LogP contribution in [0.4, 0.5) is 0 Å². The van der Waals surface area contributed by atoms with Crippen molar-refractivity contribution in [2.75, 3.05) is 13.7 Å². The van der Waals surface area contributed by atoms with E-state index in [1.807, 2.05) is 45.0 Å². The van der Waals surface area contributed by atoms with Crippen LogP contribution in [0.25, 0.3) is 11.4 Å². The summed E-state index contributed by atoms with van der Waals surface area (Å²) in [5, 5.41) is 4.31. The number of aromatic nitrogens is 2. The van der Waals surface area contributed by atoms with Gasteiger partial charge >= 0.3 is 0 Å². The van der Waals surface area contributed by atoms with Crippen molar-refractivity contribution in [1.82, 2.24) is 14.4 Å². The van der Waals surface area contributed by atoms with Gasteiger partial charge in [0.1, 0.15) is 10.6 Å². The van der Waals surface area contributed by atoms with Crippen molar-refractivity contribution >= 4 is 21.6 Å². The summed E-state index contributed by atoms with van der Waals surface area (Å²) in [6, 6.07) is 12.2. The number of hydrogen-bond acceptors (Lipinski definition) is 6. The zero-order chi connectivity index (χ0) is 21.9. The first kappa shape index (κ1) is 22.3. The van der Waals surface area contributed by atoms with E-state index in [9.17, 15) is 8.42 Å². The molecule has 160 valence electrons. The van der Waals surface area contributed by atoms with Gasteiger partial charge in [-0.2, -0.15) is 9.29 Å². The molecule has 0 spiro atoms. The Morgan fingerprint density at radius 1 is 1.20 bits per heavy atom. The number of rotatable bonds is 8. The van der Waals surface area contributed by atoms with Gasteiger partial charge in [0.15, 0.2) is 0 Å². The SMILES string of the molecule is COc1ccc(Cl)cc1S(=O)(=O)N(Cc1nc(-c2cccc(C)c2)no1)CC(C)C. The third-order valence-corrected chi connectivity index (χ3v) is 6.44. The molecule has 2 aromatic carbocycles. The van der Waals surface area contributed by atoms with Crippen molar-refractivity contribution in [2.45, 2.75) is 32.2 Å². The first-order valence-electron chi connectivity index (χ1n) is 9.44. The Bertz CT molecular complexity index is 1130. The number of aryl methyl sites for hydroxylation is 1. The molecule has 0 amide bonds. The smallest absolute Gasteiger partial charge is 0.247 e. The number of hydrogen-bond donors (Lipinski definition) is 0. The van der Waals surface area contributed by atoms with Crippen LogP contribution in [0.3, 0.4) is 0 Å². The Morgan fingerprint density at radius 2 is 1.97 bits per heavy atom. The minimum atomic E-state index is -3.93. The zero-order valence-corrected chi connectivity index (χ0v) is 18.9. The molecule has 0 aliphatic carbocycles. The van der Waals surface area contributed by atoms with Gasteiger partial charge in [-0.05, 0) is 37.1 Å². The van der Waals surface area contributed by atoms with Crippen LogP contribution >= 0.6 is 11.6 Å². The number of halogens is 1. The number of sulfonamides is 1. The Morgan fingerprint density at radius 3 is 2.63 bits per heavy atom. The third-order valence-electron chi connectivity index (χ3n) is 4.37. The summed E-state index contributed by atoms with van der Waals surface area (Å²) < 4.78 is 38.8. The number of ether oxygens (including phenoxy) is 1. The van der Waals surface area contributed by atoms with Crippen LogP contribution in [0.5, 0.6) is 5.75 Å². The van der Waals surface area contributed by atoms with E-state index in [1.54, 1.807) is 6.07 Å². The largest absolute Gasteiger partial charge is 0.495 e. The molecule has 0 saturated heterocycles. The van der Waals surface area contributed by atoms with Gasteiger partial charge in [0.2, 0.25) is 21.7 Å². The van der Waals surface area contributed by atoms with E-state index in [2.05, 4.69) is 10.1 Å². The predicted molar refractivity (Wildman–Crippen MR) is 115 cm³/mol. The molecular weight excluding hydrogens is 426 g/mol. The van der Waals surface area contributed by atoms with Crippen molar-refractivity contribution in [3.05, 3.63) is 58.9 Å². The summed E-state index contributed by atoms with van der Waals surface area (Å²) >= 11 is 6.05. The molecule has 0 aliphatic rings. The van der Waals surface area contributed by atoms with Crippen LogP contribution in [0, 0.1) is 12.8 Å². The molecule has 0 bridgehead atoms. The maximum Gasteiger partial charge on any atom is 0.247 e. The van der Waals surface area contributed by atoms with Crippen LogP contribution in [0.1, 0.15) is 25.3 Å². The molecule has 3 aromatic rings. The highest BCUT2D eigenvalue weighted by Gasteiger charge is 2.30. The van der Waals surface area contributed by atoms with Gasteiger partial charge < -0.3 is 9.26 Å². The normalized spacial score (nSPS) is 12.0. The van der Waals surface area contributed by atoms with Gasteiger partial charge in [-0.15, -0.1) is 0 Å². The quantitative estimate of drug-likeness (QED) is 0.501. The second kappa shape index (κ2) is 9.16. The lowest BCUT2D eigenvalue weighted by Crippen LogP contribution is -2.34. The zero-order valence-electron chi connectivity index (χ0n) is 17.3. The summed E-state index contributed by atoms with van der Waals surface area (Å²) in [5.41, 5.74) is 1.87. The predicted octanol–water partition coefficient (Wildman–Crippen LogP) is 4.55. The molecule has 1 heterocycles. The Hall–Kier alpha value is -2.42. The van der Waals surface area contributed by atoms with Crippen LogP contribution in [0.15, 0.2) is 51.9 Å². The molecule has 0 radical (unpaired) electrons. The van der Waals surface area contributed by atoms with Crippen molar-refractivity contribution in [1.29, 1.82) is 0 Å². The first-order chi connectivity index (χ1) is 14.2. The van der Waals surface area contributed by atoms with E-state index >= 15 is 0 Å². The highest BCUT2D eigenvalue weighted by molar-refractivity contribution is 7.89. The molecule has 0 atom stereocenters. The molecule has 0 fully saturated rings. The Kier molecular flexibility index (Phi) is 6.80. The fraction of sp³-hybridized carbons (Fsp3) is 0.333. The van der Waals surface area contributed by atoms with Gasteiger partial charge in [-0.1, -0.05) is 54.4 Å². The maximum absolute atomic E-state index is 13.4. The molecule has 30 heavy (non-hydrogen) atoms. The van der Waals surface area contributed by atoms with Crippen molar-refractivity contribution < 1.29 is 17.7 Å². The monoisotopic (exact) mass is 449 g/mol. The molecule has 1 aromatic heterocycles. The standard InChI is InChI=1S/C21H24ClN3O4S/c1-14(2)12-25(30(26,27)19-11-17(22)8-9-18(19)28-4)13-20-23-21(24-29-20)16-7-5-6-15(3)10-16/h5-11,14H,12-13H2,1-4H3. The summed E-state index contributed by atoms with van der Waals surface area (Å²) in [6.45, 7) is 6.04. The molecule has 0 unspecified atom stereocenters. The lowest BCUT2D eigenvalue weighted by Gasteiger charge is -2.23. The third kappa shape index (κ3) is 5.00. The van der Waals surface area contributed by atoms with E-state index in [1.165, 1.54) is 23.5 Å². The summed E-state index contributed by atoms with van der Waals surface area (Å²) in [4.78, 5) is 4.39. The van der Waals surface area contributed by atoms with E-state index in [0.29, 0.717) is 10.8 Å². The topological polar surface area (TPSA) is 85.5 Å². The first-order valence-corrected chi connectivity index (χ1v) is 11.3. The lowest BCUT2D eigenvalue weighted by molar-refractivity contribution is 0.297. The van der Waals surface area contributed by atoms with E-state index in [0.717, 1.165) is 11.1 Å². The minimum Gasteiger partial charge on any atom is -0.495 e. The van der Waals surface area contributed by atoms with Gasteiger partial charge in [-0.3, -0.25) is 0 Å². The molecule has 9 heteroatoms. The van der Waals surface area contributed by atoms with Crippen LogP contribution in [-0.2, 0) is 16.6 Å². The summed E-state index contributed by atoms with van der Waals surface area (Å²) in [5.74, 6) is 0.913. The highest BCUT2D eigenvalue weighted by Crippen LogP contribution is 2.31. The molecular formula is C21H24ClN3O4S. The highest BCUT2D eigenvalue weighted by atomic mass is 35.5. The summed E-state index contributed by atoms with van der Waals surface area (Å²) in [6.07, 6.45) is 0. The van der Waals surface area contributed by atoms with E-state index in [4.69, 9.17) is 20.9 Å². The number of benzene rings is 2. The van der Waals surface area contributed by atoms with Crippen molar-refractivity contribution in [3.8, 4) is 17.1 Å². The average Bonchev–Trinajstić information content (AvgIpc) is 3.16. The molecule has 3 rings (SSSR count).